The van der Waals surface area contributed by atoms with Gasteiger partial charge in [0.1, 0.15) is 0 Å². The summed E-state index contributed by atoms with van der Waals surface area (Å²) in [4.78, 5) is 2.29. The van der Waals surface area contributed by atoms with E-state index in [4.69, 9.17) is 12.2 Å². The fourth-order valence-corrected chi connectivity index (χ4v) is 2.71. The van der Waals surface area contributed by atoms with Crippen molar-refractivity contribution in [2.75, 3.05) is 24.6 Å². The summed E-state index contributed by atoms with van der Waals surface area (Å²) in [7, 11) is 0. The SMILES string of the molecule is CCNC(=S)N1CCSCC1C. The number of hydrogen-bond donors (Lipinski definition) is 1. The van der Waals surface area contributed by atoms with E-state index in [-0.39, 0.29) is 0 Å². The third-order valence-corrected chi connectivity index (χ3v) is 3.52. The second kappa shape index (κ2) is 4.92. The van der Waals surface area contributed by atoms with Crippen LogP contribution in [0, 0.1) is 0 Å². The van der Waals surface area contributed by atoms with Crippen LogP contribution in [0.1, 0.15) is 13.8 Å². The van der Waals surface area contributed by atoms with Crippen LogP contribution in [0.15, 0.2) is 0 Å². The second-order valence-corrected chi connectivity index (χ2v) is 4.49. The van der Waals surface area contributed by atoms with Crippen LogP contribution in [0.4, 0.5) is 0 Å². The molecule has 12 heavy (non-hydrogen) atoms. The fraction of sp³-hybridized carbons (Fsp3) is 0.875. The molecule has 0 spiro atoms. The average molecular weight is 204 g/mol. The van der Waals surface area contributed by atoms with Gasteiger partial charge >= 0.3 is 0 Å². The van der Waals surface area contributed by atoms with Gasteiger partial charge in [0.05, 0.1) is 0 Å². The van der Waals surface area contributed by atoms with E-state index < -0.39 is 0 Å². The zero-order valence-electron chi connectivity index (χ0n) is 7.67. The number of thiocarbonyl (C=S) groups is 1. The molecule has 0 amide bonds. The Labute approximate surface area is 84.1 Å². The van der Waals surface area contributed by atoms with Gasteiger partial charge in [-0.3, -0.25) is 0 Å². The Balaban J connectivity index is 2.42. The number of thioether (sulfide) groups is 1. The van der Waals surface area contributed by atoms with Gasteiger partial charge in [-0.25, -0.2) is 0 Å². The minimum atomic E-state index is 0.593. The van der Waals surface area contributed by atoms with Crippen molar-refractivity contribution in [1.82, 2.24) is 10.2 Å². The lowest BCUT2D eigenvalue weighted by molar-refractivity contribution is 0.360. The molecule has 1 aliphatic heterocycles. The molecule has 0 radical (unpaired) electrons. The summed E-state index contributed by atoms with van der Waals surface area (Å²) in [6.07, 6.45) is 0. The second-order valence-electron chi connectivity index (χ2n) is 2.95. The van der Waals surface area contributed by atoms with Crippen LogP contribution in [0.25, 0.3) is 0 Å². The Morgan fingerprint density at radius 3 is 3.08 bits per heavy atom. The van der Waals surface area contributed by atoms with Gasteiger partial charge < -0.3 is 10.2 Å². The van der Waals surface area contributed by atoms with Gasteiger partial charge in [0.25, 0.3) is 0 Å². The Morgan fingerprint density at radius 2 is 2.50 bits per heavy atom. The number of nitrogens with one attached hydrogen (secondary N) is 1. The van der Waals surface area contributed by atoms with Crippen molar-refractivity contribution < 1.29 is 0 Å². The predicted molar refractivity (Wildman–Crippen MR) is 59.8 cm³/mol. The first kappa shape index (κ1) is 10.1. The van der Waals surface area contributed by atoms with E-state index in [1.54, 1.807) is 0 Å². The molecule has 2 nitrogen and oxygen atoms in total. The van der Waals surface area contributed by atoms with Crippen LogP contribution < -0.4 is 5.32 Å². The van der Waals surface area contributed by atoms with Gasteiger partial charge in [0, 0.05) is 30.6 Å². The first-order valence-electron chi connectivity index (χ1n) is 4.38. The minimum absolute atomic E-state index is 0.593. The van der Waals surface area contributed by atoms with Crippen LogP contribution in [0.3, 0.4) is 0 Å². The Bertz CT molecular complexity index is 161. The van der Waals surface area contributed by atoms with Gasteiger partial charge in [-0.1, -0.05) is 0 Å². The fourth-order valence-electron chi connectivity index (χ4n) is 1.28. The Kier molecular flexibility index (Phi) is 4.15. The number of hydrogen-bond acceptors (Lipinski definition) is 2. The quantitative estimate of drug-likeness (QED) is 0.648. The predicted octanol–water partition coefficient (Wildman–Crippen LogP) is 1.32. The summed E-state index contributed by atoms with van der Waals surface area (Å²) in [6, 6.07) is 0.593. The van der Waals surface area contributed by atoms with Crippen molar-refractivity contribution in [3.63, 3.8) is 0 Å². The zero-order chi connectivity index (χ0) is 8.97. The van der Waals surface area contributed by atoms with E-state index in [0.29, 0.717) is 6.04 Å². The lowest BCUT2D eigenvalue weighted by Crippen LogP contribution is -2.49. The van der Waals surface area contributed by atoms with Gasteiger partial charge in [-0.05, 0) is 26.1 Å². The Morgan fingerprint density at radius 1 is 1.75 bits per heavy atom. The molecule has 1 rings (SSSR count). The smallest absolute Gasteiger partial charge is 0.169 e. The lowest BCUT2D eigenvalue weighted by atomic mass is 10.3. The van der Waals surface area contributed by atoms with Crippen molar-refractivity contribution >= 4 is 29.1 Å². The molecule has 0 aliphatic carbocycles. The molecule has 0 saturated carbocycles. The maximum Gasteiger partial charge on any atom is 0.169 e. The maximum absolute atomic E-state index is 5.26. The molecule has 1 aliphatic rings. The van der Waals surface area contributed by atoms with E-state index in [1.807, 2.05) is 11.8 Å². The lowest BCUT2D eigenvalue weighted by Gasteiger charge is -2.35. The van der Waals surface area contributed by atoms with Crippen LogP contribution in [-0.2, 0) is 0 Å². The summed E-state index contributed by atoms with van der Waals surface area (Å²) < 4.78 is 0. The van der Waals surface area contributed by atoms with Crippen LogP contribution in [-0.4, -0.2) is 40.6 Å². The number of nitrogens with zero attached hydrogens (tertiary/aromatic N) is 1. The molecule has 1 N–H and O–H groups in total. The Hall–Kier alpha value is 0.0400. The molecule has 1 heterocycles. The molecule has 1 fully saturated rings. The van der Waals surface area contributed by atoms with E-state index in [2.05, 4.69) is 24.1 Å². The first-order valence-corrected chi connectivity index (χ1v) is 5.94. The van der Waals surface area contributed by atoms with Crippen molar-refractivity contribution in [3.8, 4) is 0 Å². The highest BCUT2D eigenvalue weighted by Crippen LogP contribution is 2.15. The molecule has 0 aromatic heterocycles. The largest absolute Gasteiger partial charge is 0.363 e. The molecular weight excluding hydrogens is 188 g/mol. The van der Waals surface area contributed by atoms with Crippen molar-refractivity contribution in [1.29, 1.82) is 0 Å². The molecule has 4 heteroatoms. The topological polar surface area (TPSA) is 15.3 Å². The highest BCUT2D eigenvalue weighted by molar-refractivity contribution is 7.99. The normalized spacial score (nSPS) is 23.8. The van der Waals surface area contributed by atoms with E-state index >= 15 is 0 Å². The summed E-state index contributed by atoms with van der Waals surface area (Å²) in [5.41, 5.74) is 0. The molecule has 0 aromatic carbocycles. The van der Waals surface area contributed by atoms with Crippen molar-refractivity contribution in [2.24, 2.45) is 0 Å². The third kappa shape index (κ3) is 2.52. The molecule has 1 unspecified atom stereocenters. The summed E-state index contributed by atoms with van der Waals surface area (Å²) in [6.45, 7) is 6.33. The van der Waals surface area contributed by atoms with Gasteiger partial charge in [0.15, 0.2) is 5.11 Å². The van der Waals surface area contributed by atoms with Crippen LogP contribution in [0.2, 0.25) is 0 Å². The number of rotatable bonds is 1. The molecule has 0 bridgehead atoms. The third-order valence-electron chi connectivity index (χ3n) is 1.96. The molecule has 0 aromatic rings. The average Bonchev–Trinajstić information content (AvgIpc) is 2.05. The van der Waals surface area contributed by atoms with Gasteiger partial charge in [-0.2, -0.15) is 11.8 Å². The maximum atomic E-state index is 5.26. The van der Waals surface area contributed by atoms with Gasteiger partial charge in [0.2, 0.25) is 0 Å². The van der Waals surface area contributed by atoms with Crippen LogP contribution >= 0.6 is 24.0 Å². The zero-order valence-corrected chi connectivity index (χ0v) is 9.30. The standard InChI is InChI=1S/C8H16N2S2/c1-3-9-8(11)10-4-5-12-6-7(10)2/h7H,3-6H2,1-2H3,(H,9,11). The minimum Gasteiger partial charge on any atom is -0.363 e. The van der Waals surface area contributed by atoms with Crippen LogP contribution in [0.5, 0.6) is 0 Å². The van der Waals surface area contributed by atoms with Gasteiger partial charge in [-0.15, -0.1) is 0 Å². The highest BCUT2D eigenvalue weighted by atomic mass is 32.2. The first-order chi connectivity index (χ1) is 5.75. The van der Waals surface area contributed by atoms with E-state index in [1.165, 1.54) is 11.5 Å². The monoisotopic (exact) mass is 204 g/mol. The molecule has 1 atom stereocenters. The van der Waals surface area contributed by atoms with E-state index in [9.17, 15) is 0 Å². The van der Waals surface area contributed by atoms with Crippen molar-refractivity contribution in [2.45, 2.75) is 19.9 Å². The summed E-state index contributed by atoms with van der Waals surface area (Å²) in [5, 5.41) is 4.12. The van der Waals surface area contributed by atoms with E-state index in [0.717, 1.165) is 18.2 Å². The molecular formula is C8H16N2S2. The highest BCUT2D eigenvalue weighted by Gasteiger charge is 2.19. The molecule has 70 valence electrons. The van der Waals surface area contributed by atoms with Crippen molar-refractivity contribution in [3.05, 3.63) is 0 Å². The summed E-state index contributed by atoms with van der Waals surface area (Å²) >= 11 is 7.27. The molecule has 1 saturated heterocycles. The summed E-state index contributed by atoms with van der Waals surface area (Å²) in [5.74, 6) is 2.40.